The number of hydrogen-bond donors (Lipinski definition) is 2. The highest BCUT2D eigenvalue weighted by atomic mass is 16.3. The van der Waals surface area contributed by atoms with Crippen LogP contribution in [0, 0.1) is 5.92 Å². The number of amides is 1. The molecule has 1 fully saturated rings. The van der Waals surface area contributed by atoms with Gasteiger partial charge >= 0.3 is 0 Å². The van der Waals surface area contributed by atoms with Crippen LogP contribution in [0.1, 0.15) is 18.4 Å². The molecule has 4 nitrogen and oxygen atoms in total. The van der Waals surface area contributed by atoms with Crippen LogP contribution in [0.5, 0.6) is 0 Å². The van der Waals surface area contributed by atoms with Crippen LogP contribution in [0.3, 0.4) is 0 Å². The highest BCUT2D eigenvalue weighted by Crippen LogP contribution is 2.20. The van der Waals surface area contributed by atoms with Crippen molar-refractivity contribution in [2.75, 3.05) is 26.2 Å². The fourth-order valence-corrected chi connectivity index (χ4v) is 3.44. The minimum Gasteiger partial charge on any atom is -0.395 e. The number of nitrogens with one attached hydrogen (secondary N) is 1. The Morgan fingerprint density at radius 1 is 1.12 bits per heavy atom. The zero-order chi connectivity index (χ0) is 17.5. The summed E-state index contributed by atoms with van der Waals surface area (Å²) in [6.07, 6.45) is 1.94. The Labute approximate surface area is 149 Å². The van der Waals surface area contributed by atoms with E-state index in [2.05, 4.69) is 34.5 Å². The van der Waals surface area contributed by atoms with Gasteiger partial charge in [0, 0.05) is 19.6 Å². The van der Waals surface area contributed by atoms with Gasteiger partial charge in [0.2, 0.25) is 5.91 Å². The minimum atomic E-state index is 0.0256. The summed E-state index contributed by atoms with van der Waals surface area (Å²) in [5.74, 6) is 0.144. The van der Waals surface area contributed by atoms with Crippen molar-refractivity contribution in [2.24, 2.45) is 5.92 Å². The molecule has 1 unspecified atom stereocenters. The molecule has 0 saturated carbocycles. The first kappa shape index (κ1) is 17.6. The van der Waals surface area contributed by atoms with E-state index in [9.17, 15) is 4.79 Å². The summed E-state index contributed by atoms with van der Waals surface area (Å²) in [6.45, 7) is 3.08. The summed E-state index contributed by atoms with van der Waals surface area (Å²) in [6, 6.07) is 18.6. The SMILES string of the molecule is O=C(NCc1cccc(-c2ccccc2)c1)C1CCCN(CCO)C1. The van der Waals surface area contributed by atoms with Gasteiger partial charge in [-0.2, -0.15) is 0 Å². The van der Waals surface area contributed by atoms with E-state index in [0.29, 0.717) is 13.1 Å². The van der Waals surface area contributed by atoms with Crippen LogP contribution in [0.25, 0.3) is 11.1 Å². The number of carbonyl (C=O) groups excluding carboxylic acids is 1. The Morgan fingerprint density at radius 2 is 1.92 bits per heavy atom. The van der Waals surface area contributed by atoms with E-state index in [0.717, 1.165) is 31.5 Å². The second kappa shape index (κ2) is 8.79. The minimum absolute atomic E-state index is 0.0256. The molecule has 4 heteroatoms. The first-order valence-electron chi connectivity index (χ1n) is 9.01. The number of piperidine rings is 1. The maximum atomic E-state index is 12.5. The molecule has 0 bridgehead atoms. The molecule has 0 radical (unpaired) electrons. The lowest BCUT2D eigenvalue weighted by Gasteiger charge is -2.31. The van der Waals surface area contributed by atoms with E-state index in [1.54, 1.807) is 0 Å². The van der Waals surface area contributed by atoms with Crippen molar-refractivity contribution in [3.05, 3.63) is 60.2 Å². The first-order chi connectivity index (χ1) is 12.3. The summed E-state index contributed by atoms with van der Waals surface area (Å²) in [4.78, 5) is 14.6. The summed E-state index contributed by atoms with van der Waals surface area (Å²) in [5, 5.41) is 12.2. The fraction of sp³-hybridized carbons (Fsp3) is 0.381. The summed E-state index contributed by atoms with van der Waals surface area (Å²) >= 11 is 0. The first-order valence-corrected chi connectivity index (χ1v) is 9.01. The second-order valence-corrected chi connectivity index (χ2v) is 6.65. The predicted octanol–water partition coefficient (Wildman–Crippen LogP) is 2.67. The van der Waals surface area contributed by atoms with Gasteiger partial charge in [0.15, 0.2) is 0 Å². The van der Waals surface area contributed by atoms with Crippen molar-refractivity contribution >= 4 is 5.91 Å². The van der Waals surface area contributed by atoms with E-state index >= 15 is 0 Å². The van der Waals surface area contributed by atoms with E-state index in [1.165, 1.54) is 11.1 Å². The molecule has 2 aromatic rings. The predicted molar refractivity (Wildman–Crippen MR) is 100.0 cm³/mol. The molecule has 0 aliphatic carbocycles. The molecular formula is C21H26N2O2. The molecule has 1 aliphatic heterocycles. The lowest BCUT2D eigenvalue weighted by atomic mass is 9.97. The van der Waals surface area contributed by atoms with E-state index in [4.69, 9.17) is 5.11 Å². The van der Waals surface area contributed by atoms with Gasteiger partial charge in [-0.1, -0.05) is 48.5 Å². The molecule has 1 amide bonds. The summed E-state index contributed by atoms with van der Waals surface area (Å²) < 4.78 is 0. The van der Waals surface area contributed by atoms with Gasteiger partial charge in [0.25, 0.3) is 0 Å². The third kappa shape index (κ3) is 4.91. The van der Waals surface area contributed by atoms with Gasteiger partial charge in [-0.15, -0.1) is 0 Å². The summed E-state index contributed by atoms with van der Waals surface area (Å²) in [5.41, 5.74) is 3.46. The van der Waals surface area contributed by atoms with Crippen LogP contribution in [-0.4, -0.2) is 42.2 Å². The number of benzene rings is 2. The Hall–Kier alpha value is -2.17. The molecule has 1 saturated heterocycles. The normalized spacial score (nSPS) is 18.0. The zero-order valence-electron chi connectivity index (χ0n) is 14.5. The molecule has 1 aliphatic rings. The Balaban J connectivity index is 1.57. The largest absolute Gasteiger partial charge is 0.395 e. The number of likely N-dealkylation sites (tertiary alicyclic amines) is 1. The number of nitrogens with zero attached hydrogens (tertiary/aromatic N) is 1. The second-order valence-electron chi connectivity index (χ2n) is 6.65. The molecule has 1 heterocycles. The summed E-state index contributed by atoms with van der Waals surface area (Å²) in [7, 11) is 0. The third-order valence-corrected chi connectivity index (χ3v) is 4.79. The number of rotatable bonds is 6. The van der Waals surface area contributed by atoms with Crippen molar-refractivity contribution in [1.29, 1.82) is 0 Å². The molecule has 0 aromatic heterocycles. The standard InChI is InChI=1S/C21H26N2O2/c24-13-12-23-11-5-10-20(16-23)21(25)22-15-17-6-4-9-19(14-17)18-7-2-1-3-8-18/h1-4,6-9,14,20,24H,5,10-13,15-16H2,(H,22,25). The molecule has 1 atom stereocenters. The van der Waals surface area contributed by atoms with Crippen molar-refractivity contribution in [1.82, 2.24) is 10.2 Å². The number of aliphatic hydroxyl groups excluding tert-OH is 1. The van der Waals surface area contributed by atoms with E-state index < -0.39 is 0 Å². The Morgan fingerprint density at radius 3 is 2.72 bits per heavy atom. The lowest BCUT2D eigenvalue weighted by Crippen LogP contribution is -2.43. The molecular weight excluding hydrogens is 312 g/mol. The average Bonchev–Trinajstić information content (AvgIpc) is 2.67. The average molecular weight is 338 g/mol. The van der Waals surface area contributed by atoms with Gasteiger partial charge in [0.05, 0.1) is 12.5 Å². The number of β-amino-alcohol motifs (C(OH)–C–C–N with tert-alkyl or cyclic N) is 1. The van der Waals surface area contributed by atoms with Gasteiger partial charge in [0.1, 0.15) is 0 Å². The van der Waals surface area contributed by atoms with E-state index in [1.807, 2.05) is 30.3 Å². The molecule has 3 rings (SSSR count). The molecule has 25 heavy (non-hydrogen) atoms. The van der Waals surface area contributed by atoms with Crippen molar-refractivity contribution < 1.29 is 9.90 Å². The van der Waals surface area contributed by atoms with Gasteiger partial charge in [-0.05, 0) is 42.1 Å². The van der Waals surface area contributed by atoms with Crippen LogP contribution in [-0.2, 0) is 11.3 Å². The van der Waals surface area contributed by atoms with Crippen molar-refractivity contribution in [2.45, 2.75) is 19.4 Å². The smallest absolute Gasteiger partial charge is 0.224 e. The van der Waals surface area contributed by atoms with Gasteiger partial charge in [-0.3, -0.25) is 4.79 Å². The van der Waals surface area contributed by atoms with Crippen LogP contribution in [0.4, 0.5) is 0 Å². The maximum absolute atomic E-state index is 12.5. The third-order valence-electron chi connectivity index (χ3n) is 4.79. The number of aliphatic hydroxyl groups is 1. The maximum Gasteiger partial charge on any atom is 0.224 e. The van der Waals surface area contributed by atoms with Gasteiger partial charge < -0.3 is 15.3 Å². The fourth-order valence-electron chi connectivity index (χ4n) is 3.44. The highest BCUT2D eigenvalue weighted by molar-refractivity contribution is 5.79. The van der Waals surface area contributed by atoms with Crippen LogP contribution in [0.15, 0.2) is 54.6 Å². The Kier molecular flexibility index (Phi) is 6.20. The highest BCUT2D eigenvalue weighted by Gasteiger charge is 2.25. The monoisotopic (exact) mass is 338 g/mol. The van der Waals surface area contributed by atoms with E-state index in [-0.39, 0.29) is 18.4 Å². The van der Waals surface area contributed by atoms with Crippen molar-refractivity contribution in [3.8, 4) is 11.1 Å². The van der Waals surface area contributed by atoms with Crippen LogP contribution in [0.2, 0.25) is 0 Å². The molecule has 2 N–H and O–H groups in total. The van der Waals surface area contributed by atoms with Gasteiger partial charge in [-0.25, -0.2) is 0 Å². The number of hydrogen-bond acceptors (Lipinski definition) is 3. The zero-order valence-corrected chi connectivity index (χ0v) is 14.5. The lowest BCUT2D eigenvalue weighted by molar-refractivity contribution is -0.126. The quantitative estimate of drug-likeness (QED) is 0.851. The van der Waals surface area contributed by atoms with Crippen LogP contribution >= 0.6 is 0 Å². The topological polar surface area (TPSA) is 52.6 Å². The molecule has 132 valence electrons. The van der Waals surface area contributed by atoms with Crippen LogP contribution < -0.4 is 5.32 Å². The molecule has 0 spiro atoms. The molecule has 2 aromatic carbocycles. The number of carbonyl (C=O) groups is 1. The Bertz CT molecular complexity index is 685. The van der Waals surface area contributed by atoms with Crippen molar-refractivity contribution in [3.63, 3.8) is 0 Å².